The lowest BCUT2D eigenvalue weighted by molar-refractivity contribution is 0.274. The van der Waals surface area contributed by atoms with E-state index in [2.05, 4.69) is 0 Å². The lowest BCUT2D eigenvalue weighted by Crippen LogP contribution is -2.01. The molecule has 2 aromatic carbocycles. The summed E-state index contributed by atoms with van der Waals surface area (Å²) in [6, 6.07) is 5.08. The van der Waals surface area contributed by atoms with Gasteiger partial charge in [0.25, 0.3) is 0 Å². The molecule has 0 saturated heterocycles. The Morgan fingerprint density at radius 3 is 2.29 bits per heavy atom. The zero-order valence-electron chi connectivity index (χ0n) is 11.1. The first kappa shape index (κ1) is 15.9. The Kier molecular flexibility index (Phi) is 4.61. The van der Waals surface area contributed by atoms with Crippen LogP contribution >= 0.6 is 23.2 Å². The molecule has 0 aliphatic rings. The highest BCUT2D eigenvalue weighted by Crippen LogP contribution is 2.41. The number of aliphatic hydroxyl groups excluding tert-OH is 1. The fourth-order valence-electron chi connectivity index (χ4n) is 2.21. The summed E-state index contributed by atoms with van der Waals surface area (Å²) in [5, 5.41) is 29.7. The topological polar surface area (TPSA) is 60.7 Å². The second kappa shape index (κ2) is 6.10. The van der Waals surface area contributed by atoms with Gasteiger partial charge in [-0.2, -0.15) is 0 Å². The standard InChI is InChI=1S/C15H13Cl2FO3/c1-7(11-3-9(16)4-13(17)15(11)21)12-5-10(18)2-8(6-19)14(12)20/h2-5,7,19-21H,6H2,1H3. The first-order chi connectivity index (χ1) is 9.85. The van der Waals surface area contributed by atoms with Crippen LogP contribution in [0.5, 0.6) is 11.5 Å². The number of phenols is 2. The predicted octanol–water partition coefficient (Wildman–Crippen LogP) is 4.19. The number of hydrogen-bond acceptors (Lipinski definition) is 3. The van der Waals surface area contributed by atoms with E-state index < -0.39 is 18.3 Å². The molecule has 0 amide bonds. The number of aliphatic hydroxyl groups is 1. The Morgan fingerprint density at radius 2 is 1.67 bits per heavy atom. The van der Waals surface area contributed by atoms with E-state index in [1.165, 1.54) is 12.1 Å². The van der Waals surface area contributed by atoms with Gasteiger partial charge < -0.3 is 15.3 Å². The van der Waals surface area contributed by atoms with Crippen LogP contribution in [0.1, 0.15) is 29.5 Å². The molecule has 0 aromatic heterocycles. The molecule has 0 heterocycles. The van der Waals surface area contributed by atoms with Gasteiger partial charge in [-0.05, 0) is 24.3 Å². The van der Waals surface area contributed by atoms with E-state index in [4.69, 9.17) is 28.3 Å². The van der Waals surface area contributed by atoms with Gasteiger partial charge in [-0.1, -0.05) is 30.1 Å². The third-order valence-electron chi connectivity index (χ3n) is 3.34. The first-order valence-electron chi connectivity index (χ1n) is 6.15. The molecule has 0 spiro atoms. The van der Waals surface area contributed by atoms with Crippen molar-refractivity contribution in [3.63, 3.8) is 0 Å². The molecule has 0 bridgehead atoms. The molecule has 1 unspecified atom stereocenters. The van der Waals surface area contributed by atoms with Crippen molar-refractivity contribution in [1.82, 2.24) is 0 Å². The summed E-state index contributed by atoms with van der Waals surface area (Å²) >= 11 is 11.8. The highest BCUT2D eigenvalue weighted by atomic mass is 35.5. The maximum Gasteiger partial charge on any atom is 0.138 e. The summed E-state index contributed by atoms with van der Waals surface area (Å²) in [6.45, 7) is 1.17. The molecule has 3 N–H and O–H groups in total. The van der Waals surface area contributed by atoms with Gasteiger partial charge in [0, 0.05) is 27.6 Å². The predicted molar refractivity (Wildman–Crippen MR) is 79.6 cm³/mol. The van der Waals surface area contributed by atoms with Gasteiger partial charge in [0.1, 0.15) is 17.3 Å². The van der Waals surface area contributed by atoms with Crippen LogP contribution in [0, 0.1) is 5.82 Å². The molecule has 2 rings (SSSR count). The largest absolute Gasteiger partial charge is 0.507 e. The third-order valence-corrected chi connectivity index (χ3v) is 3.85. The van der Waals surface area contributed by atoms with E-state index in [1.807, 2.05) is 0 Å². The normalized spacial score (nSPS) is 12.4. The van der Waals surface area contributed by atoms with Crippen molar-refractivity contribution in [3.05, 3.63) is 56.8 Å². The van der Waals surface area contributed by atoms with E-state index in [9.17, 15) is 14.6 Å². The fraction of sp³-hybridized carbons (Fsp3) is 0.200. The van der Waals surface area contributed by atoms with Gasteiger partial charge in [-0.15, -0.1) is 0 Å². The number of hydrogen-bond donors (Lipinski definition) is 3. The summed E-state index contributed by atoms with van der Waals surface area (Å²) in [5.74, 6) is -1.56. The minimum Gasteiger partial charge on any atom is -0.507 e. The van der Waals surface area contributed by atoms with Crippen LogP contribution in [0.3, 0.4) is 0 Å². The molecule has 0 aliphatic carbocycles. The highest BCUT2D eigenvalue weighted by Gasteiger charge is 2.21. The van der Waals surface area contributed by atoms with Crippen molar-refractivity contribution in [3.8, 4) is 11.5 Å². The number of phenolic OH excluding ortho intramolecular Hbond substituents is 1. The molecule has 0 radical (unpaired) electrons. The monoisotopic (exact) mass is 330 g/mol. The molecule has 1 atom stereocenters. The molecule has 112 valence electrons. The summed E-state index contributed by atoms with van der Waals surface area (Å²) in [4.78, 5) is 0. The third kappa shape index (κ3) is 3.07. The quantitative estimate of drug-likeness (QED) is 0.790. The number of aromatic hydroxyl groups is 2. The van der Waals surface area contributed by atoms with Crippen molar-refractivity contribution in [1.29, 1.82) is 0 Å². The lowest BCUT2D eigenvalue weighted by atomic mass is 9.90. The van der Waals surface area contributed by atoms with Crippen LogP contribution in [-0.4, -0.2) is 15.3 Å². The van der Waals surface area contributed by atoms with E-state index in [1.54, 1.807) is 6.92 Å². The van der Waals surface area contributed by atoms with E-state index in [-0.39, 0.29) is 27.6 Å². The summed E-state index contributed by atoms with van der Waals surface area (Å²) in [5.41, 5.74) is 0.662. The van der Waals surface area contributed by atoms with Crippen molar-refractivity contribution in [2.75, 3.05) is 0 Å². The Labute approximate surface area is 131 Å². The molecule has 3 nitrogen and oxygen atoms in total. The van der Waals surface area contributed by atoms with Crippen LogP contribution in [0.2, 0.25) is 10.0 Å². The van der Waals surface area contributed by atoms with Gasteiger partial charge in [-0.25, -0.2) is 4.39 Å². The number of halogens is 3. The van der Waals surface area contributed by atoms with Gasteiger partial charge in [0.2, 0.25) is 0 Å². The zero-order valence-corrected chi connectivity index (χ0v) is 12.6. The van der Waals surface area contributed by atoms with Crippen LogP contribution < -0.4 is 0 Å². The molecular formula is C15H13Cl2FO3. The second-order valence-electron chi connectivity index (χ2n) is 4.71. The molecule has 2 aromatic rings. The minimum absolute atomic E-state index is 0.0719. The molecule has 0 fully saturated rings. The smallest absolute Gasteiger partial charge is 0.138 e. The summed E-state index contributed by atoms with van der Waals surface area (Å²) in [6.07, 6.45) is 0. The van der Waals surface area contributed by atoms with E-state index in [0.29, 0.717) is 10.6 Å². The van der Waals surface area contributed by atoms with Gasteiger partial charge in [0.15, 0.2) is 0 Å². The minimum atomic E-state index is -0.591. The Morgan fingerprint density at radius 1 is 1.05 bits per heavy atom. The Balaban J connectivity index is 2.60. The number of benzene rings is 2. The molecule has 6 heteroatoms. The molecular weight excluding hydrogens is 318 g/mol. The second-order valence-corrected chi connectivity index (χ2v) is 5.55. The van der Waals surface area contributed by atoms with Crippen molar-refractivity contribution in [2.24, 2.45) is 0 Å². The van der Waals surface area contributed by atoms with Crippen molar-refractivity contribution in [2.45, 2.75) is 19.4 Å². The maximum absolute atomic E-state index is 13.6. The molecule has 21 heavy (non-hydrogen) atoms. The van der Waals surface area contributed by atoms with Crippen LogP contribution in [0.25, 0.3) is 0 Å². The van der Waals surface area contributed by atoms with Crippen molar-refractivity contribution >= 4 is 23.2 Å². The van der Waals surface area contributed by atoms with Gasteiger partial charge in [-0.3, -0.25) is 0 Å². The van der Waals surface area contributed by atoms with Crippen LogP contribution in [-0.2, 0) is 6.61 Å². The average Bonchev–Trinajstić information content (AvgIpc) is 2.44. The number of rotatable bonds is 3. The fourth-order valence-corrected chi connectivity index (χ4v) is 2.72. The van der Waals surface area contributed by atoms with Gasteiger partial charge >= 0.3 is 0 Å². The van der Waals surface area contributed by atoms with E-state index >= 15 is 0 Å². The van der Waals surface area contributed by atoms with Gasteiger partial charge in [0.05, 0.1) is 11.6 Å². The SMILES string of the molecule is CC(c1cc(Cl)cc(Cl)c1O)c1cc(F)cc(CO)c1O. The maximum atomic E-state index is 13.6. The average molecular weight is 331 g/mol. The van der Waals surface area contributed by atoms with Crippen LogP contribution in [0.15, 0.2) is 24.3 Å². The van der Waals surface area contributed by atoms with Crippen LogP contribution in [0.4, 0.5) is 4.39 Å². The molecule has 0 aliphatic heterocycles. The zero-order chi connectivity index (χ0) is 15.7. The Hall–Kier alpha value is -1.49. The van der Waals surface area contributed by atoms with Crippen molar-refractivity contribution < 1.29 is 19.7 Å². The Bertz CT molecular complexity index is 689. The summed E-state index contributed by atoms with van der Waals surface area (Å²) < 4.78 is 13.6. The highest BCUT2D eigenvalue weighted by molar-refractivity contribution is 6.35. The summed E-state index contributed by atoms with van der Waals surface area (Å²) in [7, 11) is 0. The van der Waals surface area contributed by atoms with E-state index in [0.717, 1.165) is 12.1 Å². The lowest BCUT2D eigenvalue weighted by Gasteiger charge is -2.18. The first-order valence-corrected chi connectivity index (χ1v) is 6.90. The molecule has 0 saturated carbocycles.